The Labute approximate surface area is 151 Å². The smallest absolute Gasteiger partial charge is 0.266 e. The van der Waals surface area contributed by atoms with Gasteiger partial charge < -0.3 is 0 Å². The largest absolute Gasteiger partial charge is 0.268 e. The van der Waals surface area contributed by atoms with Gasteiger partial charge >= 0.3 is 0 Å². The van der Waals surface area contributed by atoms with Gasteiger partial charge in [-0.05, 0) is 31.2 Å². The number of nitrogens with zero attached hydrogens (tertiary/aromatic N) is 5. The summed E-state index contributed by atoms with van der Waals surface area (Å²) >= 11 is 1.40. The average molecular weight is 361 g/mol. The number of imide groups is 1. The zero-order valence-electron chi connectivity index (χ0n) is 13.6. The van der Waals surface area contributed by atoms with Gasteiger partial charge in [-0.3, -0.25) is 9.59 Å². The molecule has 8 heteroatoms. The molecule has 0 bridgehead atoms. The molecule has 2 aromatic carbocycles. The highest BCUT2D eigenvalue weighted by Crippen LogP contribution is 2.32. The maximum absolute atomic E-state index is 12.7. The summed E-state index contributed by atoms with van der Waals surface area (Å²) in [6.07, 6.45) is 0. The molecule has 0 unspecified atom stereocenters. The molecule has 0 aliphatic carbocycles. The lowest BCUT2D eigenvalue weighted by atomic mass is 10.1. The Morgan fingerprint density at radius 1 is 0.923 bits per heavy atom. The third-order valence-electron chi connectivity index (χ3n) is 4.29. The Morgan fingerprint density at radius 2 is 1.65 bits per heavy atom. The molecule has 0 saturated heterocycles. The molecule has 0 spiro atoms. The summed E-state index contributed by atoms with van der Waals surface area (Å²) in [4.78, 5) is 27.2. The van der Waals surface area contributed by atoms with E-state index in [1.54, 1.807) is 40.9 Å². The van der Waals surface area contributed by atoms with Crippen molar-refractivity contribution in [1.29, 1.82) is 0 Å². The fraction of sp³-hybridized carbons (Fsp3) is 0.0556. The normalized spacial score (nSPS) is 13.7. The number of aryl methyl sites for hydroxylation is 1. The predicted molar refractivity (Wildman–Crippen MR) is 96.4 cm³/mol. The van der Waals surface area contributed by atoms with Gasteiger partial charge in [0, 0.05) is 5.56 Å². The monoisotopic (exact) mass is 361 g/mol. The van der Waals surface area contributed by atoms with E-state index >= 15 is 0 Å². The fourth-order valence-electron chi connectivity index (χ4n) is 3.03. The maximum Gasteiger partial charge on any atom is 0.266 e. The Bertz CT molecular complexity index is 1170. The van der Waals surface area contributed by atoms with Crippen molar-refractivity contribution in [2.24, 2.45) is 0 Å². The van der Waals surface area contributed by atoms with Gasteiger partial charge in [0.2, 0.25) is 4.96 Å². The molecule has 0 radical (unpaired) electrons. The number of carbonyl (C=O) groups excluding carboxylic acids is 2. The van der Waals surface area contributed by atoms with Crippen molar-refractivity contribution < 1.29 is 9.59 Å². The molecule has 5 rings (SSSR count). The second kappa shape index (κ2) is 5.30. The Morgan fingerprint density at radius 3 is 2.35 bits per heavy atom. The first-order valence-corrected chi connectivity index (χ1v) is 8.72. The van der Waals surface area contributed by atoms with Gasteiger partial charge in [-0.2, -0.15) is 9.61 Å². The third kappa shape index (κ3) is 2.02. The number of hydrogen-bond donors (Lipinski definition) is 0. The lowest BCUT2D eigenvalue weighted by molar-refractivity contribution is 0.0926. The summed E-state index contributed by atoms with van der Waals surface area (Å²) in [6, 6.07) is 14.1. The molecule has 0 fully saturated rings. The Balaban J connectivity index is 1.59. The fourth-order valence-corrected chi connectivity index (χ4v) is 3.91. The van der Waals surface area contributed by atoms with E-state index in [2.05, 4.69) is 15.3 Å². The topological polar surface area (TPSA) is 80.5 Å². The molecule has 0 atom stereocenters. The van der Waals surface area contributed by atoms with E-state index < -0.39 is 0 Å². The average Bonchev–Trinajstić information content (AvgIpc) is 3.31. The number of amides is 2. The van der Waals surface area contributed by atoms with Gasteiger partial charge in [-0.25, -0.2) is 4.90 Å². The lowest BCUT2D eigenvalue weighted by Gasteiger charge is -2.14. The van der Waals surface area contributed by atoms with Crippen LogP contribution in [0.3, 0.4) is 0 Å². The van der Waals surface area contributed by atoms with E-state index in [0.717, 1.165) is 10.6 Å². The van der Waals surface area contributed by atoms with Gasteiger partial charge in [0.25, 0.3) is 11.8 Å². The molecule has 7 nitrogen and oxygen atoms in total. The van der Waals surface area contributed by atoms with Gasteiger partial charge in [0.1, 0.15) is 5.01 Å². The molecule has 26 heavy (non-hydrogen) atoms. The summed E-state index contributed by atoms with van der Waals surface area (Å²) in [5.41, 5.74) is 2.19. The van der Waals surface area contributed by atoms with Crippen LogP contribution in [-0.4, -0.2) is 31.6 Å². The van der Waals surface area contributed by atoms with E-state index in [1.165, 1.54) is 16.2 Å². The van der Waals surface area contributed by atoms with Crippen LogP contribution in [0.2, 0.25) is 0 Å². The molecule has 0 saturated carbocycles. The van der Waals surface area contributed by atoms with Crippen molar-refractivity contribution in [3.63, 3.8) is 0 Å². The highest BCUT2D eigenvalue weighted by Gasteiger charge is 2.36. The van der Waals surface area contributed by atoms with Gasteiger partial charge in [0.05, 0.1) is 16.8 Å². The van der Waals surface area contributed by atoms with Gasteiger partial charge in [-0.15, -0.1) is 10.2 Å². The minimum absolute atomic E-state index is 0.309. The molecule has 2 aromatic heterocycles. The summed E-state index contributed by atoms with van der Waals surface area (Å²) in [5, 5.41) is 13.3. The maximum atomic E-state index is 12.7. The van der Waals surface area contributed by atoms with Crippen LogP contribution in [0.5, 0.6) is 0 Å². The van der Waals surface area contributed by atoms with Crippen LogP contribution in [0.4, 0.5) is 5.69 Å². The number of carbonyl (C=O) groups is 2. The zero-order valence-corrected chi connectivity index (χ0v) is 14.4. The van der Waals surface area contributed by atoms with Crippen LogP contribution in [0.15, 0.2) is 48.5 Å². The number of aromatic nitrogens is 4. The second-order valence-corrected chi connectivity index (χ2v) is 6.85. The van der Waals surface area contributed by atoms with E-state index in [-0.39, 0.29) is 11.8 Å². The van der Waals surface area contributed by atoms with Crippen LogP contribution in [0.25, 0.3) is 15.5 Å². The van der Waals surface area contributed by atoms with Crippen LogP contribution in [0.1, 0.15) is 26.5 Å². The van der Waals surface area contributed by atoms with E-state index in [9.17, 15) is 9.59 Å². The molecule has 126 valence electrons. The van der Waals surface area contributed by atoms with Crippen molar-refractivity contribution in [2.75, 3.05) is 4.90 Å². The van der Waals surface area contributed by atoms with Crippen LogP contribution in [0, 0.1) is 6.92 Å². The summed E-state index contributed by atoms with van der Waals surface area (Å²) in [7, 11) is 0. The summed E-state index contributed by atoms with van der Waals surface area (Å²) in [6.45, 7) is 1.83. The van der Waals surface area contributed by atoms with Gasteiger partial charge in [-0.1, -0.05) is 35.6 Å². The number of benzene rings is 2. The van der Waals surface area contributed by atoms with Crippen molar-refractivity contribution >= 4 is 33.8 Å². The van der Waals surface area contributed by atoms with E-state index in [1.807, 2.05) is 19.1 Å². The first kappa shape index (κ1) is 14.9. The van der Waals surface area contributed by atoms with Gasteiger partial charge in [0.15, 0.2) is 5.82 Å². The summed E-state index contributed by atoms with van der Waals surface area (Å²) in [5.74, 6) is 0.0903. The first-order chi connectivity index (χ1) is 12.6. The van der Waals surface area contributed by atoms with E-state index in [4.69, 9.17) is 0 Å². The molecule has 0 N–H and O–H groups in total. The molecule has 1 aliphatic rings. The van der Waals surface area contributed by atoms with Crippen molar-refractivity contribution in [3.05, 3.63) is 65.5 Å². The molecule has 2 amide bonds. The molecule has 4 aromatic rings. The number of fused-ring (bicyclic) bond motifs is 2. The Hall–Kier alpha value is -3.39. The Kier molecular flexibility index (Phi) is 3.04. The van der Waals surface area contributed by atoms with Crippen molar-refractivity contribution in [3.8, 4) is 10.6 Å². The number of anilines is 1. The summed E-state index contributed by atoms with van der Waals surface area (Å²) < 4.78 is 1.68. The number of rotatable bonds is 2. The third-order valence-corrected chi connectivity index (χ3v) is 5.24. The number of hydrogen-bond acceptors (Lipinski definition) is 6. The SMILES string of the molecule is Cc1nnc2sc(-c3cccc(N4C(=O)c5ccccc5C4=O)c3)nn12. The minimum Gasteiger partial charge on any atom is -0.268 e. The molecule has 1 aliphatic heterocycles. The van der Waals surface area contributed by atoms with Crippen LogP contribution in [-0.2, 0) is 0 Å². The first-order valence-electron chi connectivity index (χ1n) is 7.90. The van der Waals surface area contributed by atoms with Crippen LogP contribution < -0.4 is 4.90 Å². The van der Waals surface area contributed by atoms with E-state index in [0.29, 0.717) is 27.6 Å². The quantitative estimate of drug-likeness (QED) is 0.513. The standard InChI is InChI=1S/C18H11N5O2S/c1-10-19-20-18-23(10)21-15(26-18)11-5-4-6-12(9-11)22-16(24)13-7-2-3-8-14(13)17(22)25/h2-9H,1H3. The highest BCUT2D eigenvalue weighted by molar-refractivity contribution is 7.19. The predicted octanol–water partition coefficient (Wildman–Crippen LogP) is 2.96. The highest BCUT2D eigenvalue weighted by atomic mass is 32.1. The second-order valence-electron chi connectivity index (χ2n) is 5.89. The van der Waals surface area contributed by atoms with Crippen LogP contribution >= 0.6 is 11.3 Å². The van der Waals surface area contributed by atoms with Crippen molar-refractivity contribution in [1.82, 2.24) is 19.8 Å². The molecular formula is C18H11N5O2S. The molecule has 3 heterocycles. The minimum atomic E-state index is -0.309. The lowest BCUT2D eigenvalue weighted by Crippen LogP contribution is -2.29. The van der Waals surface area contributed by atoms with Crippen molar-refractivity contribution in [2.45, 2.75) is 6.92 Å². The zero-order chi connectivity index (χ0) is 17.8. The molecular weight excluding hydrogens is 350 g/mol.